The average Bonchev–Trinajstić information content (AvgIpc) is 2.04. The number of ether oxygens (including phenoxy) is 1. The van der Waals surface area contributed by atoms with Gasteiger partial charge in [-0.15, -0.1) is 0 Å². The first-order valence-electron chi connectivity index (χ1n) is 3.78. The fourth-order valence-corrected chi connectivity index (χ4v) is 1.12. The predicted octanol–water partition coefficient (Wildman–Crippen LogP) is 1.80. The van der Waals surface area contributed by atoms with Crippen LogP contribution in [0.5, 0.6) is 0 Å². The molecule has 1 N–H and O–H groups in total. The van der Waals surface area contributed by atoms with E-state index in [1.165, 1.54) is 0 Å². The molecule has 1 unspecified atom stereocenters. The molecule has 2 nitrogen and oxygen atoms in total. The molecule has 0 bridgehead atoms. The van der Waals surface area contributed by atoms with Gasteiger partial charge < -0.3 is 9.53 Å². The normalized spacial score (nSPS) is 28.3. The second-order valence-corrected chi connectivity index (χ2v) is 2.55. The molecule has 1 aliphatic heterocycles. The Morgan fingerprint density at radius 2 is 2.45 bits per heavy atom. The van der Waals surface area contributed by atoms with Gasteiger partial charge in [0.05, 0.1) is 5.57 Å². The molecule has 1 heterocycles. The van der Waals surface area contributed by atoms with Crippen molar-refractivity contribution >= 4 is 5.97 Å². The zero-order chi connectivity index (χ0) is 8.27. The van der Waals surface area contributed by atoms with Crippen molar-refractivity contribution in [1.82, 2.24) is 0 Å². The van der Waals surface area contributed by atoms with E-state index in [-0.39, 0.29) is 12.1 Å². The Bertz CT molecular complexity index is 204. The van der Waals surface area contributed by atoms with Crippen molar-refractivity contribution in [2.45, 2.75) is 25.9 Å². The smallest absolute Gasteiger partial charge is 0.335 e. The van der Waals surface area contributed by atoms with Gasteiger partial charge in [-0.3, -0.25) is 0 Å². The average molecular weight is 153 g/mol. The fraction of sp³-hybridized carbons (Fsp3) is 0.444. The summed E-state index contributed by atoms with van der Waals surface area (Å²) in [5, 5.41) is 0. The van der Waals surface area contributed by atoms with Crippen LogP contribution in [-0.4, -0.2) is 16.9 Å². The van der Waals surface area contributed by atoms with E-state index in [9.17, 15) is 4.79 Å². The van der Waals surface area contributed by atoms with E-state index in [2.05, 4.69) is 6.58 Å². The molecule has 0 spiro atoms. The van der Waals surface area contributed by atoms with E-state index in [1.54, 1.807) is 6.08 Å². The van der Waals surface area contributed by atoms with Crippen LogP contribution in [0.2, 0.25) is 0 Å². The van der Waals surface area contributed by atoms with Crippen molar-refractivity contribution in [3.05, 3.63) is 24.3 Å². The number of carbonyl (C=O) groups excluding carboxylic acids is 1. The maximum absolute atomic E-state index is 9.25. The Kier molecular flexibility index (Phi) is 2.47. The van der Waals surface area contributed by atoms with Gasteiger partial charge in [-0.1, -0.05) is 12.7 Å². The number of hydrogen-bond acceptors (Lipinski definition) is 1. The summed E-state index contributed by atoms with van der Waals surface area (Å²) in [6, 6.07) is 0. The van der Waals surface area contributed by atoms with Crippen molar-refractivity contribution in [2.75, 3.05) is 0 Å². The van der Waals surface area contributed by atoms with Crippen LogP contribution in [0.3, 0.4) is 0 Å². The number of cyclic esters (lactones) is 1. The number of esters is 1. The Balaban J connectivity index is 2.61. The third kappa shape index (κ3) is 1.70. The Hall–Kier alpha value is -1.05. The molecule has 0 saturated carbocycles. The van der Waals surface area contributed by atoms with E-state index in [0.29, 0.717) is 0 Å². The standard InChI is InChI=1S/C9H12O2/c1-3-7-5-6-8(4-2)11-9(7)10/h3-4,8H,2,5-6H2,1H3/p+1/b7-3-. The van der Waals surface area contributed by atoms with Gasteiger partial charge >= 0.3 is 5.97 Å². The maximum Gasteiger partial charge on any atom is 0.513 e. The largest absolute Gasteiger partial charge is 0.513 e. The molecule has 0 aromatic rings. The van der Waals surface area contributed by atoms with Crippen LogP contribution in [0, 0.1) is 0 Å². The highest BCUT2D eigenvalue weighted by molar-refractivity contribution is 5.90. The number of rotatable bonds is 1. The third-order valence-electron chi connectivity index (χ3n) is 1.85. The molecule has 1 saturated heterocycles. The van der Waals surface area contributed by atoms with E-state index in [0.717, 1.165) is 18.4 Å². The van der Waals surface area contributed by atoms with Gasteiger partial charge in [0.25, 0.3) is 0 Å². The summed E-state index contributed by atoms with van der Waals surface area (Å²) in [6.07, 6.45) is 5.35. The van der Waals surface area contributed by atoms with E-state index in [4.69, 9.17) is 4.74 Å². The van der Waals surface area contributed by atoms with Crippen LogP contribution in [0.1, 0.15) is 19.8 Å². The molecular formula is C9H13O2+. The van der Waals surface area contributed by atoms with Crippen LogP contribution in [0.15, 0.2) is 24.3 Å². The quantitative estimate of drug-likeness (QED) is 0.244. The molecule has 0 aromatic heterocycles. The molecule has 1 atom stereocenters. The first-order valence-corrected chi connectivity index (χ1v) is 3.78. The van der Waals surface area contributed by atoms with Crippen molar-refractivity contribution in [3.8, 4) is 0 Å². The highest BCUT2D eigenvalue weighted by atomic mass is 16.5. The van der Waals surface area contributed by atoms with Gasteiger partial charge in [-0.05, 0) is 19.4 Å². The van der Waals surface area contributed by atoms with Crippen LogP contribution in [0.25, 0.3) is 0 Å². The van der Waals surface area contributed by atoms with Gasteiger partial charge in [0, 0.05) is 6.42 Å². The first kappa shape index (κ1) is 8.05. The minimum atomic E-state index is -0.0151. The lowest BCUT2D eigenvalue weighted by atomic mass is 10.0. The molecule has 0 radical (unpaired) electrons. The van der Waals surface area contributed by atoms with E-state index in [1.807, 2.05) is 13.0 Å². The summed E-state index contributed by atoms with van der Waals surface area (Å²) in [4.78, 5) is 9.25. The van der Waals surface area contributed by atoms with E-state index < -0.39 is 0 Å². The Morgan fingerprint density at radius 3 is 2.91 bits per heavy atom. The zero-order valence-electron chi connectivity index (χ0n) is 6.71. The van der Waals surface area contributed by atoms with E-state index >= 15 is 0 Å². The monoisotopic (exact) mass is 153 g/mol. The highest BCUT2D eigenvalue weighted by Crippen LogP contribution is 2.19. The van der Waals surface area contributed by atoms with Gasteiger partial charge in [0.2, 0.25) is 6.10 Å². The van der Waals surface area contributed by atoms with Gasteiger partial charge in [-0.2, -0.15) is 0 Å². The molecule has 1 rings (SSSR count). The molecular weight excluding hydrogens is 140 g/mol. The summed E-state index contributed by atoms with van der Waals surface area (Å²) in [5.41, 5.74) is 0.892. The van der Waals surface area contributed by atoms with Crippen molar-refractivity contribution < 1.29 is 9.53 Å². The minimum Gasteiger partial charge on any atom is -0.335 e. The van der Waals surface area contributed by atoms with Crippen molar-refractivity contribution in [3.63, 3.8) is 0 Å². The molecule has 0 aliphatic carbocycles. The maximum atomic E-state index is 9.25. The van der Waals surface area contributed by atoms with Crippen LogP contribution in [0.4, 0.5) is 0 Å². The van der Waals surface area contributed by atoms with Gasteiger partial charge in [0.1, 0.15) is 0 Å². The lowest BCUT2D eigenvalue weighted by molar-refractivity contribution is 0.187. The van der Waals surface area contributed by atoms with Crippen molar-refractivity contribution in [1.29, 1.82) is 0 Å². The molecule has 60 valence electrons. The molecule has 0 amide bonds. The highest BCUT2D eigenvalue weighted by Gasteiger charge is 2.29. The fourth-order valence-electron chi connectivity index (χ4n) is 1.12. The van der Waals surface area contributed by atoms with Gasteiger partial charge in [-0.25, -0.2) is 0 Å². The summed E-state index contributed by atoms with van der Waals surface area (Å²) in [6.45, 7) is 5.49. The first-order chi connectivity index (χ1) is 5.27. The topological polar surface area (TPSA) is 30.6 Å². The second-order valence-electron chi connectivity index (χ2n) is 2.55. The zero-order valence-corrected chi connectivity index (χ0v) is 6.71. The van der Waals surface area contributed by atoms with Crippen LogP contribution < -0.4 is 0 Å². The van der Waals surface area contributed by atoms with Crippen LogP contribution >= 0.6 is 0 Å². The molecule has 1 fully saturated rings. The number of allylic oxidation sites excluding steroid dienone is 1. The van der Waals surface area contributed by atoms with Crippen LogP contribution in [-0.2, 0) is 4.74 Å². The summed E-state index contributed by atoms with van der Waals surface area (Å²) in [7, 11) is 0. The van der Waals surface area contributed by atoms with Crippen molar-refractivity contribution in [2.24, 2.45) is 0 Å². The second kappa shape index (κ2) is 3.37. The Morgan fingerprint density at radius 1 is 1.73 bits per heavy atom. The SMILES string of the molecule is C=CC1CC/C(=C/C)C(=[OH+])O1. The third-order valence-corrected chi connectivity index (χ3v) is 1.85. The predicted molar refractivity (Wildman–Crippen MR) is 45.0 cm³/mol. The summed E-state index contributed by atoms with van der Waals surface area (Å²) in [5.74, 6) is 0.0589. The van der Waals surface area contributed by atoms with Gasteiger partial charge in [0.15, 0.2) is 0 Å². The lowest BCUT2D eigenvalue weighted by Crippen LogP contribution is -2.23. The summed E-state index contributed by atoms with van der Waals surface area (Å²) < 4.78 is 5.12. The number of hydrogen-bond donors (Lipinski definition) is 0. The minimum absolute atomic E-state index is 0.0151. The Labute approximate surface area is 66.5 Å². The molecule has 11 heavy (non-hydrogen) atoms. The summed E-state index contributed by atoms with van der Waals surface area (Å²) >= 11 is 0. The molecule has 1 aliphatic rings. The molecule has 2 heteroatoms. The molecule has 0 aromatic carbocycles. The lowest BCUT2D eigenvalue weighted by Gasteiger charge is -2.12.